The number of aliphatic hydroxyl groups is 1. The molecular formula is C13H16O5. The SMILES string of the molecule is COc1ccc(C(=O)O)cc1O[C@H]1CC[C@H](O)C1. The first-order chi connectivity index (χ1) is 8.60. The molecule has 1 saturated carbocycles. The van der Waals surface area contributed by atoms with Crippen molar-refractivity contribution in [1.29, 1.82) is 0 Å². The smallest absolute Gasteiger partial charge is 0.335 e. The van der Waals surface area contributed by atoms with Crippen LogP contribution in [-0.4, -0.2) is 35.5 Å². The molecule has 1 aliphatic rings. The molecule has 0 spiro atoms. The van der Waals surface area contributed by atoms with Gasteiger partial charge in [-0.15, -0.1) is 0 Å². The monoisotopic (exact) mass is 252 g/mol. The zero-order chi connectivity index (χ0) is 13.1. The number of carboxylic acid groups (broad SMARTS) is 1. The van der Waals surface area contributed by atoms with Crippen LogP contribution in [0.5, 0.6) is 11.5 Å². The Labute approximate surface area is 105 Å². The van der Waals surface area contributed by atoms with Crippen LogP contribution in [0.15, 0.2) is 18.2 Å². The van der Waals surface area contributed by atoms with Crippen molar-refractivity contribution < 1.29 is 24.5 Å². The quantitative estimate of drug-likeness (QED) is 0.852. The van der Waals surface area contributed by atoms with Crippen LogP contribution in [0.25, 0.3) is 0 Å². The first-order valence-electron chi connectivity index (χ1n) is 5.86. The van der Waals surface area contributed by atoms with Gasteiger partial charge in [0.1, 0.15) is 6.10 Å². The van der Waals surface area contributed by atoms with E-state index < -0.39 is 5.97 Å². The Balaban J connectivity index is 2.18. The average Bonchev–Trinajstić information content (AvgIpc) is 2.74. The van der Waals surface area contributed by atoms with Gasteiger partial charge in [0.2, 0.25) is 0 Å². The molecule has 0 amide bonds. The lowest BCUT2D eigenvalue weighted by Crippen LogP contribution is -2.14. The van der Waals surface area contributed by atoms with Crippen molar-refractivity contribution >= 4 is 5.97 Å². The molecule has 0 unspecified atom stereocenters. The van der Waals surface area contributed by atoms with E-state index in [1.54, 1.807) is 6.07 Å². The number of rotatable bonds is 4. The summed E-state index contributed by atoms with van der Waals surface area (Å²) in [5.41, 5.74) is 0.157. The molecular weight excluding hydrogens is 236 g/mol. The predicted octanol–water partition coefficient (Wildman–Crippen LogP) is 1.69. The van der Waals surface area contributed by atoms with E-state index in [2.05, 4.69) is 0 Å². The summed E-state index contributed by atoms with van der Waals surface area (Å²) in [5, 5.41) is 18.4. The fourth-order valence-corrected chi connectivity index (χ4v) is 2.11. The summed E-state index contributed by atoms with van der Waals surface area (Å²) in [6.07, 6.45) is 1.63. The zero-order valence-electron chi connectivity index (χ0n) is 10.1. The molecule has 1 aliphatic carbocycles. The Bertz CT molecular complexity index is 443. The van der Waals surface area contributed by atoms with E-state index in [4.69, 9.17) is 14.6 Å². The molecule has 0 radical (unpaired) electrons. The number of hydrogen-bond donors (Lipinski definition) is 2. The standard InChI is InChI=1S/C13H16O5/c1-17-11-5-2-8(13(15)16)6-12(11)18-10-4-3-9(14)7-10/h2,5-6,9-10,14H,3-4,7H2,1H3,(H,15,16)/t9-,10-/m0/s1. The topological polar surface area (TPSA) is 76.0 Å². The lowest BCUT2D eigenvalue weighted by Gasteiger charge is -2.16. The molecule has 18 heavy (non-hydrogen) atoms. The van der Waals surface area contributed by atoms with Crippen molar-refractivity contribution in [3.8, 4) is 11.5 Å². The summed E-state index contributed by atoms with van der Waals surface area (Å²) >= 11 is 0. The molecule has 2 N–H and O–H groups in total. The van der Waals surface area contributed by atoms with Crippen LogP contribution in [0.4, 0.5) is 0 Å². The molecule has 0 aliphatic heterocycles. The number of aliphatic hydroxyl groups excluding tert-OH is 1. The predicted molar refractivity (Wildman–Crippen MR) is 64.2 cm³/mol. The largest absolute Gasteiger partial charge is 0.493 e. The summed E-state index contributed by atoms with van der Waals surface area (Å²) in [5.74, 6) is -0.0909. The van der Waals surface area contributed by atoms with Crippen LogP contribution in [-0.2, 0) is 0 Å². The van der Waals surface area contributed by atoms with E-state index >= 15 is 0 Å². The van der Waals surface area contributed by atoms with E-state index in [1.807, 2.05) is 0 Å². The minimum atomic E-state index is -1.01. The Kier molecular flexibility index (Phi) is 3.72. The fraction of sp³-hybridized carbons (Fsp3) is 0.462. The van der Waals surface area contributed by atoms with Gasteiger partial charge in [-0.2, -0.15) is 0 Å². The van der Waals surface area contributed by atoms with Gasteiger partial charge in [0.15, 0.2) is 11.5 Å². The van der Waals surface area contributed by atoms with Crippen LogP contribution in [0.1, 0.15) is 29.6 Å². The summed E-state index contributed by atoms with van der Waals surface area (Å²) in [7, 11) is 1.51. The van der Waals surface area contributed by atoms with Gasteiger partial charge >= 0.3 is 5.97 Å². The first kappa shape index (κ1) is 12.7. The van der Waals surface area contributed by atoms with Gasteiger partial charge in [0, 0.05) is 6.42 Å². The van der Waals surface area contributed by atoms with Gasteiger partial charge in [-0.3, -0.25) is 0 Å². The van der Waals surface area contributed by atoms with Crippen LogP contribution in [0.2, 0.25) is 0 Å². The fourth-order valence-electron chi connectivity index (χ4n) is 2.11. The van der Waals surface area contributed by atoms with Crippen molar-refractivity contribution in [2.24, 2.45) is 0 Å². The Morgan fingerprint density at radius 2 is 2.11 bits per heavy atom. The Morgan fingerprint density at radius 3 is 2.67 bits per heavy atom. The summed E-state index contributed by atoms with van der Waals surface area (Å²) in [6.45, 7) is 0. The maximum atomic E-state index is 10.9. The van der Waals surface area contributed by atoms with Crippen molar-refractivity contribution in [1.82, 2.24) is 0 Å². The Hall–Kier alpha value is -1.75. The molecule has 98 valence electrons. The van der Waals surface area contributed by atoms with Crippen molar-refractivity contribution in [2.45, 2.75) is 31.5 Å². The highest BCUT2D eigenvalue weighted by atomic mass is 16.5. The molecule has 0 heterocycles. The van der Waals surface area contributed by atoms with Crippen LogP contribution in [0.3, 0.4) is 0 Å². The summed E-state index contributed by atoms with van der Waals surface area (Å²) < 4.78 is 10.8. The second kappa shape index (κ2) is 5.27. The van der Waals surface area contributed by atoms with E-state index in [1.165, 1.54) is 19.2 Å². The van der Waals surface area contributed by atoms with Gasteiger partial charge < -0.3 is 19.7 Å². The molecule has 0 saturated heterocycles. The highest BCUT2D eigenvalue weighted by molar-refractivity contribution is 5.88. The number of methoxy groups -OCH3 is 1. The molecule has 1 aromatic rings. The molecule has 2 atom stereocenters. The zero-order valence-corrected chi connectivity index (χ0v) is 10.1. The maximum Gasteiger partial charge on any atom is 0.335 e. The molecule has 2 rings (SSSR count). The van der Waals surface area contributed by atoms with Gasteiger partial charge in [-0.05, 0) is 31.0 Å². The minimum absolute atomic E-state index is 0.0852. The van der Waals surface area contributed by atoms with Gasteiger partial charge in [0.05, 0.1) is 18.8 Å². The normalized spacial score (nSPS) is 22.8. The van der Waals surface area contributed by atoms with E-state index in [0.717, 1.165) is 6.42 Å². The second-order valence-corrected chi connectivity index (χ2v) is 4.38. The molecule has 1 aromatic carbocycles. The highest BCUT2D eigenvalue weighted by Crippen LogP contribution is 2.32. The third-order valence-corrected chi connectivity index (χ3v) is 3.06. The lowest BCUT2D eigenvalue weighted by molar-refractivity contribution is 0.0695. The third-order valence-electron chi connectivity index (χ3n) is 3.06. The number of aromatic carboxylic acids is 1. The van der Waals surface area contributed by atoms with Crippen molar-refractivity contribution in [2.75, 3.05) is 7.11 Å². The van der Waals surface area contributed by atoms with Crippen LogP contribution in [0, 0.1) is 0 Å². The number of carboxylic acids is 1. The van der Waals surface area contributed by atoms with E-state index in [0.29, 0.717) is 24.3 Å². The summed E-state index contributed by atoms with van der Waals surface area (Å²) in [4.78, 5) is 10.9. The van der Waals surface area contributed by atoms with Crippen LogP contribution >= 0.6 is 0 Å². The molecule has 0 bridgehead atoms. The first-order valence-corrected chi connectivity index (χ1v) is 5.86. The number of carbonyl (C=O) groups is 1. The molecule has 0 aromatic heterocycles. The lowest BCUT2D eigenvalue weighted by atomic mass is 10.2. The van der Waals surface area contributed by atoms with E-state index in [-0.39, 0.29) is 17.8 Å². The Morgan fingerprint density at radius 1 is 1.33 bits per heavy atom. The van der Waals surface area contributed by atoms with Gasteiger partial charge in [-0.25, -0.2) is 4.79 Å². The number of ether oxygens (including phenoxy) is 2. The molecule has 5 nitrogen and oxygen atoms in total. The number of hydrogen-bond acceptors (Lipinski definition) is 4. The number of benzene rings is 1. The van der Waals surface area contributed by atoms with E-state index in [9.17, 15) is 9.90 Å². The molecule has 5 heteroatoms. The third kappa shape index (κ3) is 2.73. The van der Waals surface area contributed by atoms with Gasteiger partial charge in [0.25, 0.3) is 0 Å². The van der Waals surface area contributed by atoms with Crippen molar-refractivity contribution in [3.05, 3.63) is 23.8 Å². The van der Waals surface area contributed by atoms with Gasteiger partial charge in [-0.1, -0.05) is 0 Å². The second-order valence-electron chi connectivity index (χ2n) is 4.38. The molecule has 1 fully saturated rings. The maximum absolute atomic E-state index is 10.9. The van der Waals surface area contributed by atoms with Crippen LogP contribution < -0.4 is 9.47 Å². The highest BCUT2D eigenvalue weighted by Gasteiger charge is 2.25. The van der Waals surface area contributed by atoms with Crippen molar-refractivity contribution in [3.63, 3.8) is 0 Å². The summed E-state index contributed by atoms with van der Waals surface area (Å²) in [6, 6.07) is 4.49. The minimum Gasteiger partial charge on any atom is -0.493 e. The average molecular weight is 252 g/mol.